The van der Waals surface area contributed by atoms with E-state index in [0.717, 1.165) is 6.42 Å². The van der Waals surface area contributed by atoms with E-state index in [1.54, 1.807) is 0 Å². The molecule has 0 aliphatic heterocycles. The molecule has 0 rings (SSSR count). The Hall–Kier alpha value is -1.10. The highest BCUT2D eigenvalue weighted by atomic mass is 16.2. The second-order valence-electron chi connectivity index (χ2n) is 5.77. The number of nitrogens with two attached hydrogens (primary N) is 1. The fourth-order valence-corrected chi connectivity index (χ4v) is 1.66. The normalized spacial score (nSPS) is 12.9. The van der Waals surface area contributed by atoms with Crippen LogP contribution in [-0.2, 0) is 9.59 Å². The predicted molar refractivity (Wildman–Crippen MR) is 72.9 cm³/mol. The van der Waals surface area contributed by atoms with Gasteiger partial charge in [-0.15, -0.1) is 0 Å². The van der Waals surface area contributed by atoms with Crippen molar-refractivity contribution in [2.45, 2.75) is 40.5 Å². The van der Waals surface area contributed by atoms with Crippen LogP contribution in [0.4, 0.5) is 0 Å². The lowest BCUT2D eigenvalue weighted by Gasteiger charge is -2.24. The minimum Gasteiger partial charge on any atom is -0.355 e. The van der Waals surface area contributed by atoms with Crippen LogP contribution in [0.1, 0.15) is 40.5 Å². The molecule has 0 aromatic carbocycles. The molecule has 0 fully saturated rings. The summed E-state index contributed by atoms with van der Waals surface area (Å²) in [4.78, 5) is 23.2. The molecule has 0 aliphatic carbocycles. The zero-order chi connectivity index (χ0) is 14.2. The van der Waals surface area contributed by atoms with Crippen molar-refractivity contribution in [3.8, 4) is 0 Å². The lowest BCUT2D eigenvalue weighted by molar-refractivity contribution is -0.129. The molecule has 0 aromatic rings. The third-order valence-electron chi connectivity index (χ3n) is 2.51. The van der Waals surface area contributed by atoms with Crippen LogP contribution >= 0.6 is 0 Å². The molecule has 18 heavy (non-hydrogen) atoms. The van der Waals surface area contributed by atoms with Crippen LogP contribution in [0.2, 0.25) is 0 Å². The Morgan fingerprint density at radius 2 is 1.83 bits per heavy atom. The van der Waals surface area contributed by atoms with Crippen molar-refractivity contribution in [1.82, 2.24) is 10.6 Å². The number of hydrogen-bond acceptors (Lipinski definition) is 3. The Bertz CT molecular complexity index is 272. The molecule has 0 spiro atoms. The molecule has 0 aliphatic rings. The third kappa shape index (κ3) is 8.06. The van der Waals surface area contributed by atoms with Crippen molar-refractivity contribution < 1.29 is 9.59 Å². The average Bonchev–Trinajstić information content (AvgIpc) is 2.29. The first-order chi connectivity index (χ1) is 8.30. The Balaban J connectivity index is 4.09. The Morgan fingerprint density at radius 3 is 2.28 bits per heavy atom. The van der Waals surface area contributed by atoms with E-state index in [9.17, 15) is 9.59 Å². The molecular formula is C13H27N3O2. The molecule has 5 heteroatoms. The summed E-state index contributed by atoms with van der Waals surface area (Å²) in [5.74, 6) is -0.528. The number of hydrogen-bond donors (Lipinski definition) is 3. The fraction of sp³-hybridized carbons (Fsp3) is 0.846. The maximum Gasteiger partial charge on any atom is 0.239 e. The minimum atomic E-state index is -0.232. The number of amides is 2. The van der Waals surface area contributed by atoms with E-state index in [2.05, 4.69) is 31.4 Å². The molecule has 0 saturated carbocycles. The van der Waals surface area contributed by atoms with Gasteiger partial charge in [-0.1, -0.05) is 27.7 Å². The van der Waals surface area contributed by atoms with Crippen molar-refractivity contribution >= 4 is 11.8 Å². The number of carbonyl (C=O) groups is 2. The first kappa shape index (κ1) is 16.9. The monoisotopic (exact) mass is 257 g/mol. The van der Waals surface area contributed by atoms with Gasteiger partial charge < -0.3 is 16.4 Å². The molecule has 0 bridgehead atoms. The standard InChI is InChI=1S/C13H27N3O2/c1-5-6-15-11(17)9-16-12(18)10(8-14)7-13(2,3)4/h10H,5-9,14H2,1-4H3,(H,15,17)(H,16,18). The zero-order valence-corrected chi connectivity index (χ0v) is 12.0. The summed E-state index contributed by atoms with van der Waals surface area (Å²) in [5, 5.41) is 5.34. The highest BCUT2D eigenvalue weighted by Gasteiger charge is 2.23. The van der Waals surface area contributed by atoms with Crippen molar-refractivity contribution in [3.63, 3.8) is 0 Å². The average molecular weight is 257 g/mol. The molecule has 0 aromatic heterocycles. The molecule has 0 radical (unpaired) electrons. The van der Waals surface area contributed by atoms with Crippen LogP contribution in [-0.4, -0.2) is 31.4 Å². The lowest BCUT2D eigenvalue weighted by Crippen LogP contribution is -2.42. The Labute approximate surface area is 110 Å². The molecule has 2 amide bonds. The van der Waals surface area contributed by atoms with Crippen LogP contribution < -0.4 is 16.4 Å². The number of rotatable bonds is 7. The van der Waals surface area contributed by atoms with Crippen molar-refractivity contribution in [1.29, 1.82) is 0 Å². The van der Waals surface area contributed by atoms with Gasteiger partial charge in [-0.3, -0.25) is 9.59 Å². The molecule has 4 N–H and O–H groups in total. The number of carbonyl (C=O) groups excluding carboxylic acids is 2. The van der Waals surface area contributed by atoms with Gasteiger partial charge in [0, 0.05) is 13.1 Å². The van der Waals surface area contributed by atoms with E-state index < -0.39 is 0 Å². The van der Waals surface area contributed by atoms with Crippen molar-refractivity contribution in [3.05, 3.63) is 0 Å². The van der Waals surface area contributed by atoms with E-state index in [4.69, 9.17) is 5.73 Å². The largest absolute Gasteiger partial charge is 0.355 e. The summed E-state index contributed by atoms with van der Waals surface area (Å²) in [6.07, 6.45) is 1.60. The van der Waals surface area contributed by atoms with E-state index in [0.29, 0.717) is 19.5 Å². The van der Waals surface area contributed by atoms with Crippen LogP contribution in [0.25, 0.3) is 0 Å². The van der Waals surface area contributed by atoms with Gasteiger partial charge in [0.05, 0.1) is 12.5 Å². The van der Waals surface area contributed by atoms with Gasteiger partial charge in [0.15, 0.2) is 0 Å². The summed E-state index contributed by atoms with van der Waals surface area (Å²) in [5.41, 5.74) is 5.65. The van der Waals surface area contributed by atoms with E-state index in [1.807, 2.05) is 6.92 Å². The van der Waals surface area contributed by atoms with Crippen molar-refractivity contribution in [2.75, 3.05) is 19.6 Å². The topological polar surface area (TPSA) is 84.2 Å². The smallest absolute Gasteiger partial charge is 0.239 e. The molecule has 106 valence electrons. The molecule has 1 atom stereocenters. The van der Waals surface area contributed by atoms with Crippen LogP contribution in [0.3, 0.4) is 0 Å². The first-order valence-corrected chi connectivity index (χ1v) is 6.54. The summed E-state index contributed by atoms with van der Waals surface area (Å²) in [6, 6.07) is 0. The van der Waals surface area contributed by atoms with Gasteiger partial charge in [-0.25, -0.2) is 0 Å². The maximum atomic E-state index is 11.9. The highest BCUT2D eigenvalue weighted by molar-refractivity contribution is 5.85. The fourth-order valence-electron chi connectivity index (χ4n) is 1.66. The van der Waals surface area contributed by atoms with Crippen LogP contribution in [0, 0.1) is 11.3 Å². The van der Waals surface area contributed by atoms with Gasteiger partial charge in [0.25, 0.3) is 0 Å². The molecule has 5 nitrogen and oxygen atoms in total. The summed E-state index contributed by atoms with van der Waals surface area (Å²) >= 11 is 0. The van der Waals surface area contributed by atoms with E-state index >= 15 is 0 Å². The molecular weight excluding hydrogens is 230 g/mol. The minimum absolute atomic E-state index is 0.0273. The summed E-state index contributed by atoms with van der Waals surface area (Å²) < 4.78 is 0. The zero-order valence-electron chi connectivity index (χ0n) is 12.0. The molecule has 0 saturated heterocycles. The SMILES string of the molecule is CCCNC(=O)CNC(=O)C(CN)CC(C)(C)C. The van der Waals surface area contributed by atoms with E-state index in [-0.39, 0.29) is 29.7 Å². The third-order valence-corrected chi connectivity index (χ3v) is 2.51. The first-order valence-electron chi connectivity index (χ1n) is 6.54. The van der Waals surface area contributed by atoms with Gasteiger partial charge in [0.2, 0.25) is 11.8 Å². The maximum absolute atomic E-state index is 11.9. The van der Waals surface area contributed by atoms with Gasteiger partial charge in [-0.05, 0) is 18.3 Å². The molecule has 1 unspecified atom stereocenters. The highest BCUT2D eigenvalue weighted by Crippen LogP contribution is 2.23. The van der Waals surface area contributed by atoms with Gasteiger partial charge in [0.1, 0.15) is 0 Å². The predicted octanol–water partition coefficient (Wildman–Crippen LogP) is 0.640. The molecule has 0 heterocycles. The number of nitrogens with one attached hydrogen (secondary N) is 2. The van der Waals surface area contributed by atoms with Gasteiger partial charge >= 0.3 is 0 Å². The lowest BCUT2D eigenvalue weighted by atomic mass is 9.84. The second kappa shape index (κ2) is 8.08. The second-order valence-corrected chi connectivity index (χ2v) is 5.77. The summed E-state index contributed by atoms with van der Waals surface area (Å²) in [6.45, 7) is 9.15. The van der Waals surface area contributed by atoms with Crippen molar-refractivity contribution in [2.24, 2.45) is 17.1 Å². The summed E-state index contributed by atoms with van der Waals surface area (Å²) in [7, 11) is 0. The van der Waals surface area contributed by atoms with Crippen LogP contribution in [0.15, 0.2) is 0 Å². The van der Waals surface area contributed by atoms with E-state index in [1.165, 1.54) is 0 Å². The quantitative estimate of drug-likeness (QED) is 0.626. The Morgan fingerprint density at radius 1 is 1.22 bits per heavy atom. The Kier molecular flexibility index (Phi) is 7.59. The van der Waals surface area contributed by atoms with Gasteiger partial charge in [-0.2, -0.15) is 0 Å². The van der Waals surface area contributed by atoms with Crippen LogP contribution in [0.5, 0.6) is 0 Å².